The van der Waals surface area contributed by atoms with E-state index in [1.54, 1.807) is 0 Å². The van der Waals surface area contributed by atoms with E-state index in [0.717, 1.165) is 24.0 Å². The normalized spacial score (nSPS) is 19.2. The van der Waals surface area contributed by atoms with E-state index in [1.807, 2.05) is 0 Å². The fourth-order valence-corrected chi connectivity index (χ4v) is 4.70. The molecule has 1 fully saturated rings. The van der Waals surface area contributed by atoms with E-state index < -0.39 is 0 Å². The Labute approximate surface area is 178 Å². The van der Waals surface area contributed by atoms with Crippen molar-refractivity contribution in [2.24, 2.45) is 5.92 Å². The minimum Gasteiger partial charge on any atom is -0.489 e. The number of rotatable bonds is 11. The van der Waals surface area contributed by atoms with Crippen LogP contribution in [0, 0.1) is 5.92 Å². The lowest BCUT2D eigenvalue weighted by molar-refractivity contribution is 0.299. The smallest absolute Gasteiger partial charge is 0.119 e. The Morgan fingerprint density at radius 2 is 1.38 bits per heavy atom. The van der Waals surface area contributed by atoms with Crippen LogP contribution in [0.25, 0.3) is 0 Å². The second-order valence-electron chi connectivity index (χ2n) is 8.95. The van der Waals surface area contributed by atoms with Gasteiger partial charge in [0.1, 0.15) is 12.4 Å². The van der Waals surface area contributed by atoms with Gasteiger partial charge >= 0.3 is 0 Å². The van der Waals surface area contributed by atoms with Crippen LogP contribution in [-0.4, -0.2) is 0 Å². The van der Waals surface area contributed by atoms with Crippen molar-refractivity contribution < 1.29 is 4.74 Å². The second-order valence-corrected chi connectivity index (χ2v) is 8.95. The number of unbranched alkanes of at least 4 members (excludes halogenated alkanes) is 4. The van der Waals surface area contributed by atoms with Crippen molar-refractivity contribution >= 4 is 0 Å². The van der Waals surface area contributed by atoms with Gasteiger partial charge in [-0.3, -0.25) is 0 Å². The molecular formula is C28H40O. The molecule has 1 nitrogen and oxygen atoms in total. The molecule has 0 spiro atoms. The molecule has 29 heavy (non-hydrogen) atoms. The number of aryl methyl sites for hydroxylation is 1. The van der Waals surface area contributed by atoms with Gasteiger partial charge in [-0.1, -0.05) is 88.8 Å². The number of hydrogen-bond acceptors (Lipinski definition) is 1. The topological polar surface area (TPSA) is 9.23 Å². The van der Waals surface area contributed by atoms with E-state index in [2.05, 4.69) is 62.4 Å². The van der Waals surface area contributed by atoms with Gasteiger partial charge in [-0.25, -0.2) is 0 Å². The molecule has 2 aromatic rings. The Bertz CT molecular complexity index is 677. The molecule has 0 unspecified atom stereocenters. The zero-order chi connectivity index (χ0) is 20.3. The number of hydrogen-bond donors (Lipinski definition) is 0. The molecule has 1 aliphatic carbocycles. The van der Waals surface area contributed by atoms with Crippen LogP contribution in [0.15, 0.2) is 48.5 Å². The lowest BCUT2D eigenvalue weighted by Gasteiger charge is -2.29. The summed E-state index contributed by atoms with van der Waals surface area (Å²) in [5, 5.41) is 0. The molecule has 0 N–H and O–H groups in total. The van der Waals surface area contributed by atoms with Crippen molar-refractivity contribution in [3.63, 3.8) is 0 Å². The lowest BCUT2D eigenvalue weighted by Crippen LogP contribution is -2.13. The molecule has 0 radical (unpaired) electrons. The highest BCUT2D eigenvalue weighted by atomic mass is 16.5. The van der Waals surface area contributed by atoms with Crippen molar-refractivity contribution in [3.8, 4) is 5.75 Å². The van der Waals surface area contributed by atoms with Crippen LogP contribution in [0.1, 0.15) is 101 Å². The van der Waals surface area contributed by atoms with E-state index in [9.17, 15) is 0 Å². The molecule has 0 aromatic heterocycles. The van der Waals surface area contributed by atoms with Crippen molar-refractivity contribution in [3.05, 3.63) is 65.2 Å². The van der Waals surface area contributed by atoms with Gasteiger partial charge in [0.05, 0.1) is 0 Å². The number of benzene rings is 2. The predicted octanol–water partition coefficient (Wildman–Crippen LogP) is 8.46. The van der Waals surface area contributed by atoms with E-state index in [0.29, 0.717) is 6.61 Å². The summed E-state index contributed by atoms with van der Waals surface area (Å²) in [5.74, 6) is 2.71. The van der Waals surface area contributed by atoms with Gasteiger partial charge < -0.3 is 4.74 Å². The summed E-state index contributed by atoms with van der Waals surface area (Å²) < 4.78 is 6.00. The maximum Gasteiger partial charge on any atom is 0.119 e. The number of ether oxygens (including phenoxy) is 1. The van der Waals surface area contributed by atoms with Crippen LogP contribution in [-0.2, 0) is 13.0 Å². The zero-order valence-electron chi connectivity index (χ0n) is 18.7. The third kappa shape index (κ3) is 7.21. The van der Waals surface area contributed by atoms with Gasteiger partial charge in [-0.15, -0.1) is 0 Å². The maximum absolute atomic E-state index is 6.00. The van der Waals surface area contributed by atoms with Gasteiger partial charge in [-0.2, -0.15) is 0 Å². The second kappa shape index (κ2) is 12.1. The van der Waals surface area contributed by atoms with E-state index in [4.69, 9.17) is 4.74 Å². The van der Waals surface area contributed by atoms with Crippen molar-refractivity contribution in [1.29, 1.82) is 0 Å². The average Bonchev–Trinajstić information content (AvgIpc) is 2.79. The highest BCUT2D eigenvalue weighted by Crippen LogP contribution is 2.38. The first-order chi connectivity index (χ1) is 14.3. The molecule has 158 valence electrons. The molecule has 2 aromatic carbocycles. The third-order valence-electron chi connectivity index (χ3n) is 6.75. The van der Waals surface area contributed by atoms with Crippen LogP contribution in [0.5, 0.6) is 5.75 Å². The van der Waals surface area contributed by atoms with Crippen LogP contribution < -0.4 is 4.74 Å². The van der Waals surface area contributed by atoms with Gasteiger partial charge in [-0.05, 0) is 72.8 Å². The summed E-state index contributed by atoms with van der Waals surface area (Å²) in [6.45, 7) is 5.13. The van der Waals surface area contributed by atoms with E-state index in [1.165, 1.54) is 80.9 Å². The molecule has 1 aliphatic rings. The Kier molecular flexibility index (Phi) is 9.12. The molecule has 0 atom stereocenters. The first-order valence-electron chi connectivity index (χ1n) is 12.1. The van der Waals surface area contributed by atoms with E-state index >= 15 is 0 Å². The maximum atomic E-state index is 6.00. The van der Waals surface area contributed by atoms with Gasteiger partial charge in [0, 0.05) is 0 Å². The largest absolute Gasteiger partial charge is 0.489 e. The summed E-state index contributed by atoms with van der Waals surface area (Å²) in [5.41, 5.74) is 4.12. The predicted molar refractivity (Wildman–Crippen MR) is 125 cm³/mol. The molecule has 0 heterocycles. The Hall–Kier alpha value is -1.76. The van der Waals surface area contributed by atoms with Crippen LogP contribution in [0.2, 0.25) is 0 Å². The van der Waals surface area contributed by atoms with Crippen molar-refractivity contribution in [1.82, 2.24) is 0 Å². The van der Waals surface area contributed by atoms with Crippen LogP contribution in [0.3, 0.4) is 0 Å². The third-order valence-corrected chi connectivity index (χ3v) is 6.75. The zero-order valence-corrected chi connectivity index (χ0v) is 18.7. The lowest BCUT2D eigenvalue weighted by atomic mass is 9.77. The molecular weight excluding hydrogens is 352 g/mol. The molecule has 0 bridgehead atoms. The quantitative estimate of drug-likeness (QED) is 0.348. The van der Waals surface area contributed by atoms with Crippen molar-refractivity contribution in [2.45, 2.75) is 97.0 Å². The summed E-state index contributed by atoms with van der Waals surface area (Å²) in [7, 11) is 0. The first kappa shape index (κ1) is 21.9. The fourth-order valence-electron chi connectivity index (χ4n) is 4.70. The molecule has 1 heteroatoms. The molecule has 1 saturated carbocycles. The first-order valence-corrected chi connectivity index (χ1v) is 12.1. The fraction of sp³-hybridized carbons (Fsp3) is 0.571. The summed E-state index contributed by atoms with van der Waals surface area (Å²) in [6, 6.07) is 17.7. The molecule has 0 aliphatic heterocycles. The Morgan fingerprint density at radius 3 is 2.03 bits per heavy atom. The van der Waals surface area contributed by atoms with Gasteiger partial charge in [0.15, 0.2) is 0 Å². The van der Waals surface area contributed by atoms with Gasteiger partial charge in [0.2, 0.25) is 0 Å². The molecule has 0 saturated heterocycles. The molecule has 0 amide bonds. The highest BCUT2D eigenvalue weighted by molar-refractivity contribution is 5.30. The SMILES string of the molecule is CCCCCCCC1CCC(c2ccc(OCc3ccc(CC)cc3)cc2)CC1. The summed E-state index contributed by atoms with van der Waals surface area (Å²) >= 11 is 0. The molecule has 3 rings (SSSR count). The van der Waals surface area contributed by atoms with Crippen LogP contribution in [0.4, 0.5) is 0 Å². The summed E-state index contributed by atoms with van der Waals surface area (Å²) in [6.07, 6.45) is 15.2. The standard InChI is InChI=1S/C28H40O/c1-3-5-6-7-8-9-24-14-16-26(17-15-24)27-18-20-28(21-19-27)29-22-25-12-10-23(4-2)11-13-25/h10-13,18-21,24,26H,3-9,14-17,22H2,1-2H3. The Morgan fingerprint density at radius 1 is 0.724 bits per heavy atom. The van der Waals surface area contributed by atoms with E-state index in [-0.39, 0.29) is 0 Å². The monoisotopic (exact) mass is 392 g/mol. The highest BCUT2D eigenvalue weighted by Gasteiger charge is 2.22. The van der Waals surface area contributed by atoms with Crippen LogP contribution >= 0.6 is 0 Å². The minimum absolute atomic E-state index is 0.646. The minimum atomic E-state index is 0.646. The van der Waals surface area contributed by atoms with Crippen molar-refractivity contribution in [2.75, 3.05) is 0 Å². The summed E-state index contributed by atoms with van der Waals surface area (Å²) in [4.78, 5) is 0. The average molecular weight is 393 g/mol. The van der Waals surface area contributed by atoms with Gasteiger partial charge in [0.25, 0.3) is 0 Å². The Balaban J connectivity index is 1.39.